The van der Waals surface area contributed by atoms with E-state index in [0.29, 0.717) is 6.04 Å². The Hall–Kier alpha value is -0.0500. The van der Waals surface area contributed by atoms with E-state index in [1.165, 1.54) is 43.4 Å². The van der Waals surface area contributed by atoms with Crippen molar-refractivity contribution in [1.82, 2.24) is 5.32 Å². The van der Waals surface area contributed by atoms with Gasteiger partial charge < -0.3 is 5.32 Å². The molecule has 1 unspecified atom stereocenters. The van der Waals surface area contributed by atoms with Crippen molar-refractivity contribution in [3.63, 3.8) is 0 Å². The summed E-state index contributed by atoms with van der Waals surface area (Å²) in [5.41, 5.74) is 0. The molecular weight excluding hydrogens is 298 g/mol. The summed E-state index contributed by atoms with van der Waals surface area (Å²) in [4.78, 5) is 1.48. The summed E-state index contributed by atoms with van der Waals surface area (Å²) < 4.78 is 0.942. The molecule has 21 heavy (non-hydrogen) atoms. The summed E-state index contributed by atoms with van der Waals surface area (Å²) in [5.74, 6) is 4.91. The number of nitrogens with one attached hydrogen (secondary N) is 1. The van der Waals surface area contributed by atoms with E-state index in [9.17, 15) is 0 Å². The van der Waals surface area contributed by atoms with Gasteiger partial charge >= 0.3 is 0 Å². The molecule has 0 radical (unpaired) electrons. The highest BCUT2D eigenvalue weighted by atomic mass is 35.5. The first-order valence-electron chi connectivity index (χ1n) is 8.73. The molecule has 5 rings (SSSR count). The fourth-order valence-electron chi connectivity index (χ4n) is 5.73. The van der Waals surface area contributed by atoms with Crippen LogP contribution in [-0.4, -0.2) is 6.54 Å². The maximum absolute atomic E-state index is 6.22. The van der Waals surface area contributed by atoms with Crippen LogP contribution in [-0.2, 0) is 0 Å². The molecule has 4 bridgehead atoms. The van der Waals surface area contributed by atoms with E-state index in [-0.39, 0.29) is 0 Å². The molecule has 4 saturated carbocycles. The first-order chi connectivity index (χ1) is 10.2. The Labute approximate surface area is 137 Å². The molecule has 1 aromatic rings. The lowest BCUT2D eigenvalue weighted by atomic mass is 9.50. The highest BCUT2D eigenvalue weighted by Crippen LogP contribution is 2.59. The van der Waals surface area contributed by atoms with Gasteiger partial charge in [0.25, 0.3) is 0 Å². The maximum atomic E-state index is 6.22. The molecule has 0 saturated heterocycles. The molecule has 0 aromatic carbocycles. The lowest BCUT2D eigenvalue weighted by molar-refractivity contribution is -0.0519. The zero-order valence-electron chi connectivity index (χ0n) is 12.9. The molecule has 0 spiro atoms. The third-order valence-electron chi connectivity index (χ3n) is 6.20. The minimum Gasteiger partial charge on any atom is -0.309 e. The summed E-state index contributed by atoms with van der Waals surface area (Å²) >= 11 is 8.01. The number of rotatable bonds is 5. The predicted octanol–water partition coefficient (Wildman–Crippen LogP) is 5.51. The summed E-state index contributed by atoms with van der Waals surface area (Å²) in [6, 6.07) is 4.90. The highest BCUT2D eigenvalue weighted by molar-refractivity contribution is 7.16. The second-order valence-electron chi connectivity index (χ2n) is 7.58. The van der Waals surface area contributed by atoms with Crippen LogP contribution in [0.25, 0.3) is 0 Å². The molecule has 1 N–H and O–H groups in total. The SMILES string of the molecule is CCCNC(c1ccc(Cl)s1)C1C2CC3CC(C2)CC1C3. The number of hydrogen-bond acceptors (Lipinski definition) is 2. The lowest BCUT2D eigenvalue weighted by Crippen LogP contribution is -2.49. The van der Waals surface area contributed by atoms with Crippen LogP contribution in [0.5, 0.6) is 0 Å². The van der Waals surface area contributed by atoms with Crippen molar-refractivity contribution < 1.29 is 0 Å². The van der Waals surface area contributed by atoms with Crippen LogP contribution in [0, 0.1) is 29.6 Å². The van der Waals surface area contributed by atoms with E-state index in [4.69, 9.17) is 11.6 Å². The van der Waals surface area contributed by atoms with Gasteiger partial charge in [-0.3, -0.25) is 0 Å². The first-order valence-corrected chi connectivity index (χ1v) is 9.92. The molecule has 4 fully saturated rings. The minimum atomic E-state index is 0.553. The molecule has 1 atom stereocenters. The van der Waals surface area contributed by atoms with Crippen molar-refractivity contribution >= 4 is 22.9 Å². The van der Waals surface area contributed by atoms with Gasteiger partial charge in [0.2, 0.25) is 0 Å². The summed E-state index contributed by atoms with van der Waals surface area (Å²) in [6.07, 6.45) is 8.75. The van der Waals surface area contributed by atoms with Crippen LogP contribution in [0.4, 0.5) is 0 Å². The Morgan fingerprint density at radius 1 is 1.14 bits per heavy atom. The average Bonchev–Trinajstić information content (AvgIpc) is 2.87. The standard InChI is InChI=1S/C18H26ClNS/c1-2-5-20-18(15-3-4-16(19)21-15)17-13-7-11-6-12(9-13)10-14(17)8-11/h3-4,11-14,17-18,20H,2,5-10H2,1H3. The number of thiophene rings is 1. The second kappa shape index (κ2) is 5.86. The van der Waals surface area contributed by atoms with Crippen molar-refractivity contribution in [3.8, 4) is 0 Å². The van der Waals surface area contributed by atoms with E-state index in [2.05, 4.69) is 24.4 Å². The summed E-state index contributed by atoms with van der Waals surface area (Å²) in [6.45, 7) is 3.39. The van der Waals surface area contributed by atoms with E-state index < -0.39 is 0 Å². The van der Waals surface area contributed by atoms with Crippen LogP contribution < -0.4 is 5.32 Å². The van der Waals surface area contributed by atoms with E-state index >= 15 is 0 Å². The molecule has 1 nitrogen and oxygen atoms in total. The van der Waals surface area contributed by atoms with Crippen LogP contribution in [0.3, 0.4) is 0 Å². The molecular formula is C18H26ClNS. The smallest absolute Gasteiger partial charge is 0.0931 e. The average molecular weight is 324 g/mol. The summed E-state index contributed by atoms with van der Waals surface area (Å²) in [5, 5.41) is 3.88. The zero-order valence-corrected chi connectivity index (χ0v) is 14.4. The molecule has 0 amide bonds. The lowest BCUT2D eigenvalue weighted by Gasteiger charge is -2.56. The monoisotopic (exact) mass is 323 g/mol. The Morgan fingerprint density at radius 3 is 2.33 bits per heavy atom. The van der Waals surface area contributed by atoms with Gasteiger partial charge in [-0.05, 0) is 86.8 Å². The Morgan fingerprint density at radius 2 is 1.81 bits per heavy atom. The van der Waals surface area contributed by atoms with Crippen LogP contribution in [0.2, 0.25) is 4.34 Å². The van der Waals surface area contributed by atoms with Crippen molar-refractivity contribution in [3.05, 3.63) is 21.3 Å². The van der Waals surface area contributed by atoms with Gasteiger partial charge in [-0.2, -0.15) is 0 Å². The maximum Gasteiger partial charge on any atom is 0.0931 e. The Kier molecular flexibility index (Phi) is 4.06. The minimum absolute atomic E-state index is 0.553. The zero-order chi connectivity index (χ0) is 14.4. The fraction of sp³-hybridized carbons (Fsp3) is 0.778. The third kappa shape index (κ3) is 2.68. The third-order valence-corrected chi connectivity index (χ3v) is 7.51. The van der Waals surface area contributed by atoms with Gasteiger partial charge in [0.1, 0.15) is 0 Å². The van der Waals surface area contributed by atoms with Crippen molar-refractivity contribution in [2.75, 3.05) is 6.54 Å². The van der Waals surface area contributed by atoms with Gasteiger partial charge in [-0.15, -0.1) is 11.3 Å². The van der Waals surface area contributed by atoms with E-state index in [0.717, 1.165) is 40.5 Å². The molecule has 1 heterocycles. The topological polar surface area (TPSA) is 12.0 Å². The van der Waals surface area contributed by atoms with Crippen molar-refractivity contribution in [1.29, 1.82) is 0 Å². The van der Waals surface area contributed by atoms with Gasteiger partial charge in [0.15, 0.2) is 0 Å². The van der Waals surface area contributed by atoms with Gasteiger partial charge in [-0.25, -0.2) is 0 Å². The van der Waals surface area contributed by atoms with E-state index in [1.807, 2.05) is 0 Å². The molecule has 116 valence electrons. The van der Waals surface area contributed by atoms with Crippen LogP contribution in [0.1, 0.15) is 56.4 Å². The number of hydrogen-bond donors (Lipinski definition) is 1. The molecule has 4 aliphatic rings. The molecule has 3 heteroatoms. The largest absolute Gasteiger partial charge is 0.309 e. The first kappa shape index (κ1) is 14.5. The molecule has 0 aliphatic heterocycles. The second-order valence-corrected chi connectivity index (χ2v) is 9.33. The van der Waals surface area contributed by atoms with E-state index in [1.54, 1.807) is 11.3 Å². The fourth-order valence-corrected chi connectivity index (χ4v) is 6.93. The molecule has 1 aromatic heterocycles. The number of halogens is 1. The van der Waals surface area contributed by atoms with Crippen LogP contribution in [0.15, 0.2) is 12.1 Å². The van der Waals surface area contributed by atoms with Crippen LogP contribution >= 0.6 is 22.9 Å². The van der Waals surface area contributed by atoms with Crippen molar-refractivity contribution in [2.45, 2.75) is 51.5 Å². The van der Waals surface area contributed by atoms with Gasteiger partial charge in [0, 0.05) is 10.9 Å². The van der Waals surface area contributed by atoms with Crippen molar-refractivity contribution in [2.24, 2.45) is 29.6 Å². The highest BCUT2D eigenvalue weighted by Gasteiger charge is 2.50. The predicted molar refractivity (Wildman–Crippen MR) is 90.9 cm³/mol. The van der Waals surface area contributed by atoms with Gasteiger partial charge in [-0.1, -0.05) is 18.5 Å². The summed E-state index contributed by atoms with van der Waals surface area (Å²) in [7, 11) is 0. The van der Waals surface area contributed by atoms with Gasteiger partial charge in [0.05, 0.1) is 4.34 Å². The quantitative estimate of drug-likeness (QED) is 0.752. The Bertz CT molecular complexity index is 469. The normalized spacial score (nSPS) is 38.9. The Balaban J connectivity index is 1.60. The molecule has 4 aliphatic carbocycles.